The Morgan fingerprint density at radius 1 is 1.27 bits per heavy atom. The van der Waals surface area contributed by atoms with E-state index in [1.54, 1.807) is 6.92 Å². The first kappa shape index (κ1) is 14.7. The summed E-state index contributed by atoms with van der Waals surface area (Å²) in [6.07, 6.45) is -5.28. The second kappa shape index (κ2) is 6.33. The summed E-state index contributed by atoms with van der Waals surface area (Å²) in [4.78, 5) is 0. The van der Waals surface area contributed by atoms with Crippen LogP contribution in [-0.2, 0) is 9.47 Å². The Bertz CT molecular complexity index is 176. The van der Waals surface area contributed by atoms with E-state index in [-0.39, 0.29) is 6.61 Å². The quantitative estimate of drug-likeness (QED) is 0.302. The highest BCUT2D eigenvalue weighted by molar-refractivity contribution is 4.81. The fourth-order valence-electron chi connectivity index (χ4n) is 1.01. The lowest BCUT2D eigenvalue weighted by Gasteiger charge is -2.34. The number of ether oxygens (including phenoxy) is 2. The second-order valence-electron chi connectivity index (χ2n) is 2.95. The van der Waals surface area contributed by atoms with E-state index in [9.17, 15) is 15.3 Å². The van der Waals surface area contributed by atoms with Gasteiger partial charge in [0.1, 0.15) is 12.2 Å². The maximum absolute atomic E-state index is 9.56. The molecule has 0 heterocycles. The van der Waals surface area contributed by atoms with Gasteiger partial charge in [-0.1, -0.05) is 0 Å². The van der Waals surface area contributed by atoms with Crippen molar-refractivity contribution in [2.75, 3.05) is 20.3 Å². The van der Waals surface area contributed by atoms with Crippen LogP contribution >= 0.6 is 0 Å². The molecule has 0 amide bonds. The molecule has 0 saturated carbocycles. The van der Waals surface area contributed by atoms with E-state index in [2.05, 4.69) is 9.47 Å². The Labute approximate surface area is 87.5 Å². The number of aliphatic hydroxyl groups is 5. The lowest BCUT2D eigenvalue weighted by molar-refractivity contribution is -0.398. The number of rotatable bonds is 7. The molecule has 0 aliphatic carbocycles. The molecule has 4 atom stereocenters. The Balaban J connectivity index is 4.55. The third-order valence-electron chi connectivity index (χ3n) is 1.92. The Morgan fingerprint density at radius 2 is 1.80 bits per heavy atom. The number of hydrogen-bond acceptors (Lipinski definition) is 7. The second-order valence-corrected chi connectivity index (χ2v) is 2.95. The summed E-state index contributed by atoms with van der Waals surface area (Å²) in [7, 11) is 1.07. The molecule has 0 aliphatic heterocycles. The first-order chi connectivity index (χ1) is 6.92. The van der Waals surface area contributed by atoms with Crippen LogP contribution in [0, 0.1) is 0 Å². The van der Waals surface area contributed by atoms with E-state index in [1.165, 1.54) is 0 Å². The van der Waals surface area contributed by atoms with Gasteiger partial charge in [0.05, 0.1) is 6.61 Å². The number of methoxy groups -OCH3 is 1. The highest BCUT2D eigenvalue weighted by atomic mass is 16.8. The highest BCUT2D eigenvalue weighted by Crippen LogP contribution is 2.18. The van der Waals surface area contributed by atoms with Crippen LogP contribution in [0.2, 0.25) is 0 Å². The van der Waals surface area contributed by atoms with Crippen molar-refractivity contribution in [1.29, 1.82) is 0 Å². The van der Waals surface area contributed by atoms with Crippen LogP contribution in [0.5, 0.6) is 0 Å². The molecule has 7 nitrogen and oxygen atoms in total. The van der Waals surface area contributed by atoms with Crippen LogP contribution in [0.1, 0.15) is 6.92 Å². The molecule has 0 bridgehead atoms. The summed E-state index contributed by atoms with van der Waals surface area (Å²) in [5.74, 6) is -2.41. The minimum absolute atomic E-state index is 0.0311. The predicted molar refractivity (Wildman–Crippen MR) is 48.7 cm³/mol. The van der Waals surface area contributed by atoms with Gasteiger partial charge in [0.25, 0.3) is 0 Å². The van der Waals surface area contributed by atoms with Crippen molar-refractivity contribution in [3.05, 3.63) is 0 Å². The zero-order valence-electron chi connectivity index (χ0n) is 8.70. The van der Waals surface area contributed by atoms with Gasteiger partial charge < -0.3 is 35.0 Å². The molecule has 0 aromatic rings. The minimum Gasteiger partial charge on any atom is -0.394 e. The van der Waals surface area contributed by atoms with Crippen LogP contribution in [0.3, 0.4) is 0 Å². The molecule has 92 valence electrons. The van der Waals surface area contributed by atoms with Gasteiger partial charge in [-0.3, -0.25) is 0 Å². The topological polar surface area (TPSA) is 120 Å². The van der Waals surface area contributed by atoms with Gasteiger partial charge in [0, 0.05) is 13.7 Å². The fraction of sp³-hybridized carbons (Fsp3) is 1.00. The minimum atomic E-state index is -2.41. The average molecular weight is 226 g/mol. The largest absolute Gasteiger partial charge is 0.394 e. The maximum Gasteiger partial charge on any atom is 0.310 e. The van der Waals surface area contributed by atoms with Crippen molar-refractivity contribution < 1.29 is 35.0 Å². The molecule has 0 radical (unpaired) electrons. The molecule has 0 rings (SSSR count). The van der Waals surface area contributed by atoms with Crippen LogP contribution in [0.15, 0.2) is 0 Å². The van der Waals surface area contributed by atoms with Crippen molar-refractivity contribution in [1.82, 2.24) is 0 Å². The zero-order valence-corrected chi connectivity index (χ0v) is 8.70. The summed E-state index contributed by atoms with van der Waals surface area (Å²) < 4.78 is 9.17. The van der Waals surface area contributed by atoms with E-state index in [0.29, 0.717) is 0 Å². The lowest BCUT2D eigenvalue weighted by atomic mass is 10.1. The van der Waals surface area contributed by atoms with Crippen molar-refractivity contribution in [3.8, 4) is 0 Å². The van der Waals surface area contributed by atoms with E-state index in [4.69, 9.17) is 10.2 Å². The maximum atomic E-state index is 9.56. The summed E-state index contributed by atoms with van der Waals surface area (Å²) in [6.45, 7) is 0.819. The standard InChI is InChI=1S/C8H18O7/c1-3-15-8(13,14-2)7(12)6(11)5(10)4-9/h5-7,9-13H,3-4H2,1-2H3. The van der Waals surface area contributed by atoms with E-state index in [0.717, 1.165) is 7.11 Å². The van der Waals surface area contributed by atoms with Gasteiger partial charge in [-0.15, -0.1) is 0 Å². The normalized spacial score (nSPS) is 21.8. The SMILES string of the molecule is CCOC(O)(OC)C(O)C(O)C(O)CO. The van der Waals surface area contributed by atoms with Gasteiger partial charge in [0.2, 0.25) is 0 Å². The molecule has 4 unspecified atom stereocenters. The first-order valence-electron chi connectivity index (χ1n) is 4.49. The van der Waals surface area contributed by atoms with Crippen molar-refractivity contribution >= 4 is 0 Å². The third-order valence-corrected chi connectivity index (χ3v) is 1.92. The summed E-state index contributed by atoms with van der Waals surface area (Å²) in [6, 6.07) is 0. The van der Waals surface area contributed by atoms with E-state index < -0.39 is 30.9 Å². The monoisotopic (exact) mass is 226 g/mol. The zero-order chi connectivity index (χ0) is 12.1. The fourth-order valence-corrected chi connectivity index (χ4v) is 1.01. The molecule has 0 aromatic carbocycles. The van der Waals surface area contributed by atoms with Crippen LogP contribution in [0.4, 0.5) is 0 Å². The Kier molecular flexibility index (Phi) is 6.22. The highest BCUT2D eigenvalue weighted by Gasteiger charge is 2.44. The number of aliphatic hydroxyl groups excluding tert-OH is 4. The number of hydrogen-bond donors (Lipinski definition) is 5. The summed E-state index contributed by atoms with van der Waals surface area (Å²) in [5, 5.41) is 45.9. The van der Waals surface area contributed by atoms with Gasteiger partial charge in [-0.05, 0) is 6.92 Å². The average Bonchev–Trinajstić information content (AvgIpc) is 2.26. The molecule has 0 fully saturated rings. The lowest BCUT2D eigenvalue weighted by Crippen LogP contribution is -2.56. The van der Waals surface area contributed by atoms with Crippen LogP contribution in [0.25, 0.3) is 0 Å². The molecule has 0 aromatic heterocycles. The predicted octanol–water partition coefficient (Wildman–Crippen LogP) is -2.61. The van der Waals surface area contributed by atoms with Crippen LogP contribution < -0.4 is 0 Å². The Morgan fingerprint density at radius 3 is 2.13 bits per heavy atom. The van der Waals surface area contributed by atoms with Gasteiger partial charge in [-0.25, -0.2) is 0 Å². The molecule has 0 spiro atoms. The molecule has 7 heteroatoms. The molecule has 0 saturated heterocycles. The molecule has 5 N–H and O–H groups in total. The van der Waals surface area contributed by atoms with E-state index >= 15 is 0 Å². The molecule has 0 aliphatic rings. The van der Waals surface area contributed by atoms with Crippen LogP contribution in [-0.4, -0.2) is 70.1 Å². The summed E-state index contributed by atoms with van der Waals surface area (Å²) >= 11 is 0. The Hall–Kier alpha value is -0.280. The smallest absolute Gasteiger partial charge is 0.310 e. The molecular weight excluding hydrogens is 208 g/mol. The van der Waals surface area contributed by atoms with Gasteiger partial charge in [-0.2, -0.15) is 0 Å². The van der Waals surface area contributed by atoms with Crippen molar-refractivity contribution in [2.24, 2.45) is 0 Å². The molecule has 15 heavy (non-hydrogen) atoms. The van der Waals surface area contributed by atoms with Gasteiger partial charge in [0.15, 0.2) is 6.10 Å². The van der Waals surface area contributed by atoms with Crippen molar-refractivity contribution in [2.45, 2.75) is 31.2 Å². The van der Waals surface area contributed by atoms with Crippen molar-refractivity contribution in [3.63, 3.8) is 0 Å². The van der Waals surface area contributed by atoms with E-state index in [1.807, 2.05) is 0 Å². The first-order valence-corrected chi connectivity index (χ1v) is 4.49. The molecular formula is C8H18O7. The summed E-state index contributed by atoms with van der Waals surface area (Å²) in [5.41, 5.74) is 0. The third kappa shape index (κ3) is 3.65. The van der Waals surface area contributed by atoms with Gasteiger partial charge >= 0.3 is 5.97 Å².